The Balaban J connectivity index is 1.54. The highest BCUT2D eigenvalue weighted by Gasteiger charge is 2.31. The Morgan fingerprint density at radius 1 is 1.24 bits per heavy atom. The summed E-state index contributed by atoms with van der Waals surface area (Å²) in [4.78, 5) is 24.8. The number of aryl methyl sites for hydroxylation is 1. The van der Waals surface area contributed by atoms with Gasteiger partial charge in [0.1, 0.15) is 0 Å². The monoisotopic (exact) mass is 502 g/mol. The van der Waals surface area contributed by atoms with E-state index in [0.717, 1.165) is 110 Å². The number of pyridine rings is 1. The Morgan fingerprint density at radius 3 is 2.78 bits per heavy atom. The number of benzene rings is 1. The van der Waals surface area contributed by atoms with E-state index in [0.29, 0.717) is 11.5 Å². The normalized spacial score (nSPS) is 19.5. The van der Waals surface area contributed by atoms with Crippen LogP contribution in [0.4, 0.5) is 11.4 Å². The van der Waals surface area contributed by atoms with Crippen molar-refractivity contribution in [2.24, 2.45) is 22.6 Å². The fourth-order valence-corrected chi connectivity index (χ4v) is 6.37. The van der Waals surface area contributed by atoms with Crippen molar-refractivity contribution in [1.82, 2.24) is 4.98 Å². The summed E-state index contributed by atoms with van der Waals surface area (Å²) >= 11 is 0. The molecule has 1 aromatic carbocycles. The van der Waals surface area contributed by atoms with Crippen molar-refractivity contribution in [3.63, 3.8) is 0 Å². The van der Waals surface area contributed by atoms with E-state index in [2.05, 4.69) is 42.8 Å². The van der Waals surface area contributed by atoms with Gasteiger partial charge < -0.3 is 15.4 Å². The maximum absolute atomic E-state index is 12.9. The number of piperidine rings is 1. The van der Waals surface area contributed by atoms with Crippen LogP contribution in [0.1, 0.15) is 99.5 Å². The zero-order valence-corrected chi connectivity index (χ0v) is 22.8. The smallest absolute Gasteiger partial charge is 0.253 e. The van der Waals surface area contributed by atoms with E-state index in [-0.39, 0.29) is 5.91 Å². The number of nitrogens with zero attached hydrogens (tertiary/aromatic N) is 3. The van der Waals surface area contributed by atoms with Crippen LogP contribution in [0.3, 0.4) is 0 Å². The summed E-state index contributed by atoms with van der Waals surface area (Å²) in [5.74, 6) is 2.19. The van der Waals surface area contributed by atoms with Crippen molar-refractivity contribution < 1.29 is 9.53 Å². The molecular weight excluding hydrogens is 460 g/mol. The summed E-state index contributed by atoms with van der Waals surface area (Å²) in [6.45, 7) is 9.44. The molecule has 4 heterocycles. The Hall–Kier alpha value is -2.89. The number of anilines is 1. The molecule has 1 amide bonds. The maximum Gasteiger partial charge on any atom is 0.253 e. The molecule has 0 bridgehead atoms. The molecule has 0 aliphatic carbocycles. The van der Waals surface area contributed by atoms with E-state index in [1.807, 2.05) is 12.4 Å². The molecule has 1 unspecified atom stereocenters. The molecule has 3 aliphatic heterocycles. The summed E-state index contributed by atoms with van der Waals surface area (Å²) in [5.41, 5.74) is 12.9. The van der Waals surface area contributed by atoms with Crippen molar-refractivity contribution in [3.05, 3.63) is 35.0 Å². The van der Waals surface area contributed by atoms with Gasteiger partial charge in [-0.25, -0.2) is 4.98 Å². The fourth-order valence-electron chi connectivity index (χ4n) is 6.37. The van der Waals surface area contributed by atoms with Gasteiger partial charge in [0.15, 0.2) is 0 Å². The highest BCUT2D eigenvalue weighted by Crippen LogP contribution is 2.48. The summed E-state index contributed by atoms with van der Waals surface area (Å²) in [6.07, 6.45) is 14.0. The highest BCUT2D eigenvalue weighted by atomic mass is 16.5. The van der Waals surface area contributed by atoms with Gasteiger partial charge in [-0.05, 0) is 79.5 Å². The summed E-state index contributed by atoms with van der Waals surface area (Å²) in [5, 5.41) is 0. The van der Waals surface area contributed by atoms with Gasteiger partial charge in [-0.3, -0.25) is 9.79 Å². The SMILES string of the molecule is CCC1CC=Nc2c(C(N)=O)c(N3CCC(CCCC(C)C)CC3)cc(-c3cnc4c(c3)CCCO4)c21. The second kappa shape index (κ2) is 11.2. The van der Waals surface area contributed by atoms with E-state index in [4.69, 9.17) is 15.5 Å². The molecule has 2 N–H and O–H groups in total. The lowest BCUT2D eigenvalue weighted by molar-refractivity contribution is 0.100. The second-order valence-electron chi connectivity index (χ2n) is 11.5. The molecule has 0 radical (unpaired) electrons. The third-order valence-electron chi connectivity index (χ3n) is 8.49. The van der Waals surface area contributed by atoms with Crippen molar-refractivity contribution in [3.8, 4) is 17.0 Å². The first-order chi connectivity index (χ1) is 18.0. The van der Waals surface area contributed by atoms with Crippen molar-refractivity contribution >= 4 is 23.5 Å². The van der Waals surface area contributed by atoms with Crippen LogP contribution in [0.15, 0.2) is 23.3 Å². The summed E-state index contributed by atoms with van der Waals surface area (Å²) in [7, 11) is 0. The molecule has 1 fully saturated rings. The Morgan fingerprint density at radius 2 is 2.05 bits per heavy atom. The fraction of sp³-hybridized carbons (Fsp3) is 0.581. The Bertz CT molecular complexity index is 1160. The van der Waals surface area contributed by atoms with E-state index < -0.39 is 0 Å². The molecule has 6 nitrogen and oxygen atoms in total. The van der Waals surface area contributed by atoms with Gasteiger partial charge in [-0.1, -0.05) is 40.0 Å². The number of hydrogen-bond acceptors (Lipinski definition) is 5. The first-order valence-corrected chi connectivity index (χ1v) is 14.4. The van der Waals surface area contributed by atoms with Gasteiger partial charge in [0, 0.05) is 36.6 Å². The minimum atomic E-state index is -0.386. The lowest BCUT2D eigenvalue weighted by Crippen LogP contribution is -2.35. The summed E-state index contributed by atoms with van der Waals surface area (Å²) in [6, 6.07) is 4.45. The lowest BCUT2D eigenvalue weighted by atomic mass is 9.81. The minimum absolute atomic E-state index is 0.300. The van der Waals surface area contributed by atoms with Crippen LogP contribution in [0.2, 0.25) is 0 Å². The third-order valence-corrected chi connectivity index (χ3v) is 8.49. The first kappa shape index (κ1) is 25.7. The van der Waals surface area contributed by atoms with E-state index >= 15 is 0 Å². The number of hydrogen-bond donors (Lipinski definition) is 1. The standard InChI is InChI=1S/C31H42N4O2/c1-4-22-10-13-33-29-27(22)25(24-17-23-9-6-16-37-31(23)34-19-24)18-26(28(29)30(32)36)35-14-11-21(12-15-35)8-5-7-20(2)3/h13,17-22H,4-12,14-16H2,1-3H3,(H2,32,36). The van der Waals surface area contributed by atoms with Gasteiger partial charge in [0.2, 0.25) is 5.88 Å². The average molecular weight is 503 g/mol. The van der Waals surface area contributed by atoms with Crippen LogP contribution >= 0.6 is 0 Å². The van der Waals surface area contributed by atoms with E-state index in [1.54, 1.807) is 0 Å². The number of amides is 1. The molecule has 198 valence electrons. The molecule has 1 atom stereocenters. The number of primary amides is 1. The molecule has 37 heavy (non-hydrogen) atoms. The number of carbonyl (C=O) groups is 1. The predicted molar refractivity (Wildman–Crippen MR) is 151 cm³/mol. The van der Waals surface area contributed by atoms with Crippen LogP contribution in [-0.2, 0) is 6.42 Å². The van der Waals surface area contributed by atoms with Gasteiger partial charge in [-0.2, -0.15) is 0 Å². The zero-order valence-electron chi connectivity index (χ0n) is 22.8. The molecule has 0 saturated carbocycles. The molecule has 2 aromatic rings. The van der Waals surface area contributed by atoms with Crippen molar-refractivity contribution in [2.45, 2.75) is 84.5 Å². The van der Waals surface area contributed by atoms with Crippen LogP contribution < -0.4 is 15.4 Å². The van der Waals surface area contributed by atoms with Gasteiger partial charge in [0.05, 0.1) is 23.5 Å². The van der Waals surface area contributed by atoms with Crippen LogP contribution in [0, 0.1) is 11.8 Å². The van der Waals surface area contributed by atoms with Gasteiger partial charge in [0.25, 0.3) is 5.91 Å². The zero-order chi connectivity index (χ0) is 25.9. The van der Waals surface area contributed by atoms with Crippen LogP contribution in [0.5, 0.6) is 5.88 Å². The van der Waals surface area contributed by atoms with Crippen LogP contribution in [-0.4, -0.2) is 36.8 Å². The number of ether oxygens (including phenoxy) is 1. The number of carbonyl (C=O) groups excluding carboxylic acids is 1. The van der Waals surface area contributed by atoms with Crippen LogP contribution in [0.25, 0.3) is 11.1 Å². The average Bonchev–Trinajstić information content (AvgIpc) is 2.91. The number of fused-ring (bicyclic) bond motifs is 2. The van der Waals surface area contributed by atoms with Gasteiger partial charge in [-0.15, -0.1) is 0 Å². The lowest BCUT2D eigenvalue weighted by Gasteiger charge is -2.36. The van der Waals surface area contributed by atoms with Gasteiger partial charge >= 0.3 is 0 Å². The largest absolute Gasteiger partial charge is 0.477 e. The number of aliphatic imine (C=N–C) groups is 1. The predicted octanol–water partition coefficient (Wildman–Crippen LogP) is 6.81. The molecule has 1 aromatic heterocycles. The molecule has 3 aliphatic rings. The minimum Gasteiger partial charge on any atom is -0.477 e. The maximum atomic E-state index is 12.9. The highest BCUT2D eigenvalue weighted by molar-refractivity contribution is 6.07. The Kier molecular flexibility index (Phi) is 7.82. The second-order valence-corrected chi connectivity index (χ2v) is 11.5. The number of nitrogens with two attached hydrogens (primary N) is 1. The summed E-state index contributed by atoms with van der Waals surface area (Å²) < 4.78 is 5.79. The molecular formula is C31H42N4O2. The van der Waals surface area contributed by atoms with E-state index in [1.165, 1.54) is 19.3 Å². The molecule has 5 rings (SSSR count). The number of rotatable bonds is 8. The quantitative estimate of drug-likeness (QED) is 0.430. The topological polar surface area (TPSA) is 80.8 Å². The van der Waals surface area contributed by atoms with Crippen molar-refractivity contribution in [1.29, 1.82) is 0 Å². The third kappa shape index (κ3) is 5.39. The molecule has 0 spiro atoms. The molecule has 6 heteroatoms. The first-order valence-electron chi connectivity index (χ1n) is 14.4. The number of aromatic nitrogens is 1. The molecule has 1 saturated heterocycles. The van der Waals surface area contributed by atoms with E-state index in [9.17, 15) is 4.79 Å². The Labute approximate surface area is 221 Å². The van der Waals surface area contributed by atoms with Crippen molar-refractivity contribution in [2.75, 3.05) is 24.6 Å².